The molecule has 0 bridgehead atoms. The smallest absolute Gasteiger partial charge is 0.304 e. The lowest BCUT2D eigenvalue weighted by molar-refractivity contribution is -0.145. The van der Waals surface area contributed by atoms with E-state index in [9.17, 15) is 18.4 Å². The van der Waals surface area contributed by atoms with Gasteiger partial charge in [0.25, 0.3) is 5.91 Å². The number of carbonyl (C=O) groups is 2. The number of halogens is 2. The van der Waals surface area contributed by atoms with Crippen LogP contribution >= 0.6 is 11.3 Å². The molecule has 0 unspecified atom stereocenters. The first-order chi connectivity index (χ1) is 19.2. The van der Waals surface area contributed by atoms with E-state index in [2.05, 4.69) is 25.4 Å². The summed E-state index contributed by atoms with van der Waals surface area (Å²) in [4.78, 5) is 36.6. The minimum Gasteiger partial charge on any atom is -0.443 e. The minimum atomic E-state index is -0.922. The van der Waals surface area contributed by atoms with Gasteiger partial charge in [-0.3, -0.25) is 14.6 Å². The van der Waals surface area contributed by atoms with Crippen molar-refractivity contribution >= 4 is 35.1 Å². The van der Waals surface area contributed by atoms with Crippen LogP contribution in [0.5, 0.6) is 0 Å². The predicted molar refractivity (Wildman–Crippen MR) is 144 cm³/mol. The Morgan fingerprint density at radius 1 is 1.25 bits per heavy atom. The Bertz CT molecular complexity index is 1410. The number of ether oxygens (including phenoxy) is 2. The van der Waals surface area contributed by atoms with E-state index < -0.39 is 29.3 Å². The van der Waals surface area contributed by atoms with Gasteiger partial charge in [-0.25, -0.2) is 19.0 Å². The first kappa shape index (κ1) is 29.0. The molecule has 1 amide bonds. The molecule has 11 nitrogen and oxygen atoms in total. The van der Waals surface area contributed by atoms with Crippen LogP contribution < -0.4 is 11.1 Å². The predicted octanol–water partition coefficient (Wildman–Crippen LogP) is 3.68. The number of hydrogen-bond acceptors (Lipinski definition) is 10. The van der Waals surface area contributed by atoms with Crippen molar-refractivity contribution < 1.29 is 27.8 Å². The molecule has 3 heterocycles. The van der Waals surface area contributed by atoms with Crippen LogP contribution in [0.4, 0.5) is 8.78 Å². The summed E-state index contributed by atoms with van der Waals surface area (Å²) in [6.45, 7) is 3.84. The van der Waals surface area contributed by atoms with E-state index in [0.29, 0.717) is 17.2 Å². The number of aliphatic imine (C=N–C) groups is 1. The van der Waals surface area contributed by atoms with Crippen LogP contribution in [-0.4, -0.2) is 56.6 Å². The molecule has 0 atom stereocenters. The Morgan fingerprint density at radius 3 is 2.75 bits per heavy atom. The first-order valence-electron chi connectivity index (χ1n) is 12.6. The second kappa shape index (κ2) is 13.3. The number of amides is 1. The molecule has 0 radical (unpaired) electrons. The number of pyridine rings is 1. The molecule has 1 aliphatic rings. The number of nitrogens with one attached hydrogen (secondary N) is 1. The van der Waals surface area contributed by atoms with Crippen LogP contribution in [0.3, 0.4) is 0 Å². The van der Waals surface area contributed by atoms with Crippen LogP contribution in [0.15, 0.2) is 40.6 Å². The highest BCUT2D eigenvalue weighted by molar-refractivity contribution is 7.13. The Kier molecular flexibility index (Phi) is 9.66. The second-order valence-corrected chi connectivity index (χ2v) is 9.84. The number of rotatable bonds is 10. The Labute approximate surface area is 233 Å². The van der Waals surface area contributed by atoms with Gasteiger partial charge in [0.1, 0.15) is 16.4 Å². The molecule has 0 aliphatic heterocycles. The summed E-state index contributed by atoms with van der Waals surface area (Å²) in [5.74, 6) is -2.84. The van der Waals surface area contributed by atoms with Crippen molar-refractivity contribution in [1.29, 1.82) is 0 Å². The largest absolute Gasteiger partial charge is 0.443 e. The van der Waals surface area contributed by atoms with Crippen molar-refractivity contribution in [3.8, 4) is 10.6 Å². The van der Waals surface area contributed by atoms with Crippen molar-refractivity contribution in [3.63, 3.8) is 0 Å². The number of hydrogen-bond donors (Lipinski definition) is 2. The molecule has 3 N–H and O–H groups in total. The highest BCUT2D eigenvalue weighted by atomic mass is 32.1. The summed E-state index contributed by atoms with van der Waals surface area (Å²) in [6, 6.07) is 1.74. The van der Waals surface area contributed by atoms with Crippen LogP contribution in [0.2, 0.25) is 0 Å². The van der Waals surface area contributed by atoms with Gasteiger partial charge >= 0.3 is 5.97 Å². The molecule has 212 valence electrons. The van der Waals surface area contributed by atoms with Gasteiger partial charge in [0.15, 0.2) is 12.5 Å². The Hall–Kier alpha value is -4.04. The van der Waals surface area contributed by atoms with Gasteiger partial charge in [0.05, 0.1) is 29.7 Å². The molecule has 1 fully saturated rings. The van der Waals surface area contributed by atoms with Gasteiger partial charge in [-0.15, -0.1) is 11.3 Å². The molecule has 3 aromatic heterocycles. The quantitative estimate of drug-likeness (QED) is 0.212. The number of esters is 1. The maximum Gasteiger partial charge on any atom is 0.304 e. The summed E-state index contributed by atoms with van der Waals surface area (Å²) in [7, 11) is 0. The van der Waals surface area contributed by atoms with Gasteiger partial charge in [0, 0.05) is 36.9 Å². The minimum absolute atomic E-state index is 0.0299. The lowest BCUT2D eigenvalue weighted by Gasteiger charge is -2.26. The second-order valence-electron chi connectivity index (χ2n) is 8.98. The number of carbonyl (C=O) groups excluding carboxylic acids is 2. The maximum absolute atomic E-state index is 14.5. The number of nitrogens with zero attached hydrogens (tertiary/aromatic N) is 5. The maximum atomic E-state index is 14.5. The van der Waals surface area contributed by atoms with Crippen LogP contribution in [0.25, 0.3) is 16.3 Å². The van der Waals surface area contributed by atoms with E-state index in [1.165, 1.54) is 40.7 Å². The summed E-state index contributed by atoms with van der Waals surface area (Å²) in [5.41, 5.74) is 6.11. The van der Waals surface area contributed by atoms with Gasteiger partial charge in [-0.05, 0) is 44.7 Å². The number of thiazole rings is 1. The fourth-order valence-electron chi connectivity index (χ4n) is 4.08. The van der Waals surface area contributed by atoms with Crippen LogP contribution in [0.1, 0.15) is 55.7 Å². The van der Waals surface area contributed by atoms with Crippen LogP contribution in [-0.2, 0) is 21.0 Å². The monoisotopic (exact) mass is 573 g/mol. The topological polar surface area (TPSA) is 147 Å². The van der Waals surface area contributed by atoms with Gasteiger partial charge < -0.3 is 20.5 Å². The number of nitrogens with two attached hydrogens (primary N) is 1. The summed E-state index contributed by atoms with van der Waals surface area (Å²) in [5, 5.41) is 8.77. The van der Waals surface area contributed by atoms with E-state index in [-0.39, 0.29) is 36.0 Å². The van der Waals surface area contributed by atoms with E-state index >= 15 is 0 Å². The average Bonchev–Trinajstić information content (AvgIpc) is 3.62. The van der Waals surface area contributed by atoms with E-state index in [0.717, 1.165) is 37.8 Å². The van der Waals surface area contributed by atoms with Crippen molar-refractivity contribution in [2.24, 2.45) is 10.7 Å². The highest BCUT2D eigenvalue weighted by Gasteiger charge is 2.22. The molecule has 40 heavy (non-hydrogen) atoms. The van der Waals surface area contributed by atoms with Gasteiger partial charge in [0.2, 0.25) is 5.95 Å². The standard InChI is InChI=1S/C26H29F2N7O4S/c1-3-38-18-6-4-17(5-7-18)30-11-20(23(29)24-19(27)8-9-22(28)34-24)32-25(37)21-13-40-26(33-21)16-10-31-35(12-16)14-39-15(2)36/h8-13,17-18H,3-7,14,29H2,1-2H3,(H,32,37)/b23-20+,30-11?. The van der Waals surface area contributed by atoms with Crippen LogP contribution in [0, 0.1) is 11.8 Å². The fourth-order valence-corrected chi connectivity index (χ4v) is 4.85. The zero-order valence-electron chi connectivity index (χ0n) is 22.0. The number of aromatic nitrogens is 4. The third kappa shape index (κ3) is 7.54. The molecule has 0 saturated heterocycles. The lowest BCUT2D eigenvalue weighted by Crippen LogP contribution is -2.28. The van der Waals surface area contributed by atoms with Crippen molar-refractivity contribution in [2.75, 3.05) is 6.61 Å². The summed E-state index contributed by atoms with van der Waals surface area (Å²) >= 11 is 1.20. The SMILES string of the molecule is CCOC1CCC(N=C/C(NC(=O)c2csc(-c3cnn(COC(C)=O)c3)n2)=C(\N)c2nc(F)ccc2F)CC1. The first-order valence-corrected chi connectivity index (χ1v) is 13.5. The van der Waals surface area contributed by atoms with E-state index in [1.54, 1.807) is 6.20 Å². The van der Waals surface area contributed by atoms with Gasteiger partial charge in [-0.2, -0.15) is 9.49 Å². The highest BCUT2D eigenvalue weighted by Crippen LogP contribution is 2.25. The lowest BCUT2D eigenvalue weighted by atomic mass is 9.93. The van der Waals surface area contributed by atoms with E-state index in [4.69, 9.17) is 15.2 Å². The average molecular weight is 574 g/mol. The third-order valence-electron chi connectivity index (χ3n) is 6.08. The Morgan fingerprint density at radius 2 is 2.02 bits per heavy atom. The zero-order valence-corrected chi connectivity index (χ0v) is 22.8. The fraction of sp³-hybridized carbons (Fsp3) is 0.385. The van der Waals surface area contributed by atoms with Crippen molar-refractivity contribution in [2.45, 2.75) is 58.4 Å². The van der Waals surface area contributed by atoms with Crippen molar-refractivity contribution in [3.05, 3.63) is 58.8 Å². The normalized spacial score (nSPS) is 18.0. The molecular formula is C26H29F2N7O4S. The van der Waals surface area contributed by atoms with Gasteiger partial charge in [-0.1, -0.05) is 0 Å². The summed E-state index contributed by atoms with van der Waals surface area (Å²) in [6.07, 6.45) is 7.93. The summed E-state index contributed by atoms with van der Waals surface area (Å²) < 4.78 is 40.3. The van der Waals surface area contributed by atoms with Crippen molar-refractivity contribution in [1.82, 2.24) is 25.1 Å². The van der Waals surface area contributed by atoms with E-state index in [1.807, 2.05) is 6.92 Å². The molecular weight excluding hydrogens is 544 g/mol. The molecule has 1 aliphatic carbocycles. The molecule has 3 aromatic rings. The zero-order chi connectivity index (χ0) is 28.6. The Balaban J connectivity index is 1.54. The molecule has 0 spiro atoms. The molecule has 1 saturated carbocycles. The molecule has 0 aromatic carbocycles. The molecule has 14 heteroatoms. The number of allylic oxidation sites excluding steroid dienone is 1. The third-order valence-corrected chi connectivity index (χ3v) is 6.97. The molecule has 4 rings (SSSR count).